The van der Waals surface area contributed by atoms with Crippen LogP contribution in [0.1, 0.15) is 15.2 Å². The van der Waals surface area contributed by atoms with Crippen molar-refractivity contribution in [1.29, 1.82) is 0 Å². The molecule has 10 heteroatoms. The van der Waals surface area contributed by atoms with Gasteiger partial charge in [0.15, 0.2) is 0 Å². The number of carbonyl (C=O) groups is 1. The van der Waals surface area contributed by atoms with Crippen molar-refractivity contribution < 1.29 is 13.2 Å². The number of nitrogens with one attached hydrogen (secondary N) is 1. The minimum atomic E-state index is -3.64. The maximum absolute atomic E-state index is 12.9. The molecule has 7 nitrogen and oxygen atoms in total. The van der Waals surface area contributed by atoms with Gasteiger partial charge in [0.1, 0.15) is 9.77 Å². The first kappa shape index (κ1) is 21.1. The molecule has 2 aromatic heterocycles. The van der Waals surface area contributed by atoms with Gasteiger partial charge in [-0.05, 0) is 41.6 Å². The summed E-state index contributed by atoms with van der Waals surface area (Å²) < 4.78 is 29.1. The third-order valence-corrected chi connectivity index (χ3v) is 8.75. The van der Waals surface area contributed by atoms with Crippen molar-refractivity contribution in [3.8, 4) is 5.69 Å². The highest BCUT2D eigenvalue weighted by molar-refractivity contribution is 7.99. The van der Waals surface area contributed by atoms with E-state index < -0.39 is 10.0 Å². The Labute approximate surface area is 184 Å². The summed E-state index contributed by atoms with van der Waals surface area (Å²) >= 11 is 2.91. The van der Waals surface area contributed by atoms with Crippen molar-refractivity contribution in [3.63, 3.8) is 0 Å². The SMILES string of the molecule is O=C(NCCc1ccc(-n2cccn2)cc1)c1sccc1S(=O)(=O)N1CCSCC1. The zero-order valence-corrected chi connectivity index (χ0v) is 18.7. The van der Waals surface area contributed by atoms with E-state index in [9.17, 15) is 13.2 Å². The van der Waals surface area contributed by atoms with Gasteiger partial charge in [-0.2, -0.15) is 21.2 Å². The topological polar surface area (TPSA) is 84.3 Å². The molecule has 1 saturated heterocycles. The predicted octanol–water partition coefficient (Wildman–Crippen LogP) is 2.64. The standard InChI is InChI=1S/C20H22N4O3S3/c25-20(19-18(7-13-29-19)30(26,27)23-11-14-28-15-12-23)21-9-6-16-2-4-17(5-3-16)24-10-1-8-22-24/h1-5,7-8,10,13H,6,9,11-12,14-15H2,(H,21,25). The highest BCUT2D eigenvalue weighted by atomic mass is 32.2. The number of sulfonamides is 1. The van der Waals surface area contributed by atoms with Crippen LogP contribution in [0.5, 0.6) is 0 Å². The van der Waals surface area contributed by atoms with Crippen LogP contribution in [0.4, 0.5) is 0 Å². The molecular formula is C20H22N4O3S3. The van der Waals surface area contributed by atoms with Crippen molar-refractivity contribution in [2.75, 3.05) is 31.1 Å². The lowest BCUT2D eigenvalue weighted by molar-refractivity contribution is 0.0955. The zero-order chi connectivity index (χ0) is 21.0. The molecule has 0 unspecified atom stereocenters. The molecule has 0 radical (unpaired) electrons. The Morgan fingerprint density at radius 1 is 1.13 bits per heavy atom. The molecule has 0 spiro atoms. The van der Waals surface area contributed by atoms with Crippen molar-refractivity contribution >= 4 is 39.0 Å². The lowest BCUT2D eigenvalue weighted by Crippen LogP contribution is -2.38. The quantitative estimate of drug-likeness (QED) is 0.584. The van der Waals surface area contributed by atoms with Gasteiger partial charge in [-0.25, -0.2) is 13.1 Å². The Morgan fingerprint density at radius 2 is 1.90 bits per heavy atom. The van der Waals surface area contributed by atoms with Crippen LogP contribution < -0.4 is 5.32 Å². The van der Waals surface area contributed by atoms with Crippen LogP contribution >= 0.6 is 23.1 Å². The van der Waals surface area contributed by atoms with Crippen molar-refractivity contribution in [2.45, 2.75) is 11.3 Å². The molecule has 0 aliphatic carbocycles. The monoisotopic (exact) mass is 462 g/mol. The minimum absolute atomic E-state index is 0.112. The van der Waals surface area contributed by atoms with E-state index in [1.165, 1.54) is 10.4 Å². The van der Waals surface area contributed by atoms with E-state index in [1.54, 1.807) is 28.0 Å². The second kappa shape index (κ2) is 9.34. The van der Waals surface area contributed by atoms with E-state index in [2.05, 4.69) is 10.4 Å². The lowest BCUT2D eigenvalue weighted by atomic mass is 10.1. The van der Waals surface area contributed by atoms with Gasteiger partial charge in [0.2, 0.25) is 10.0 Å². The zero-order valence-electron chi connectivity index (χ0n) is 16.2. The van der Waals surface area contributed by atoms with E-state index in [1.807, 2.05) is 36.5 Å². The van der Waals surface area contributed by atoms with Gasteiger partial charge in [-0.1, -0.05) is 12.1 Å². The van der Waals surface area contributed by atoms with Crippen molar-refractivity contribution in [2.24, 2.45) is 0 Å². The molecule has 0 atom stereocenters. The van der Waals surface area contributed by atoms with Crippen LogP contribution in [0, 0.1) is 0 Å². The smallest absolute Gasteiger partial charge is 0.262 e. The Kier molecular flexibility index (Phi) is 6.57. The number of aromatic nitrogens is 2. The summed E-state index contributed by atoms with van der Waals surface area (Å²) in [6.45, 7) is 1.40. The van der Waals surface area contributed by atoms with Crippen LogP contribution in [0.15, 0.2) is 59.1 Å². The normalized spacial score (nSPS) is 15.2. The first-order valence-corrected chi connectivity index (χ1v) is 13.1. The lowest BCUT2D eigenvalue weighted by Gasteiger charge is -2.25. The van der Waals surface area contributed by atoms with E-state index in [0.29, 0.717) is 26.1 Å². The molecule has 1 amide bonds. The first-order valence-electron chi connectivity index (χ1n) is 9.58. The molecule has 1 fully saturated rings. The Bertz CT molecular complexity index is 1090. The number of amides is 1. The molecule has 4 rings (SSSR count). The molecule has 1 aromatic carbocycles. The van der Waals surface area contributed by atoms with E-state index in [0.717, 1.165) is 34.1 Å². The fraction of sp³-hybridized carbons (Fsp3) is 0.300. The summed E-state index contributed by atoms with van der Waals surface area (Å²) in [5, 5.41) is 8.72. The molecule has 1 aliphatic rings. The molecule has 0 bridgehead atoms. The molecule has 30 heavy (non-hydrogen) atoms. The number of benzene rings is 1. The second-order valence-corrected chi connectivity index (χ2v) is 10.8. The molecular weight excluding hydrogens is 440 g/mol. The van der Waals surface area contributed by atoms with Crippen LogP contribution in [-0.2, 0) is 16.4 Å². The fourth-order valence-electron chi connectivity index (χ4n) is 3.23. The van der Waals surface area contributed by atoms with Crippen molar-refractivity contribution in [1.82, 2.24) is 19.4 Å². The Hall–Kier alpha value is -2.14. The third-order valence-electron chi connectivity index (χ3n) is 4.83. The first-order chi connectivity index (χ1) is 14.6. The number of rotatable bonds is 7. The summed E-state index contributed by atoms with van der Waals surface area (Å²) in [4.78, 5) is 13.0. The molecule has 3 aromatic rings. The fourth-order valence-corrected chi connectivity index (χ4v) is 7.12. The van der Waals surface area contributed by atoms with Crippen molar-refractivity contribution in [3.05, 3.63) is 64.6 Å². The number of hydrogen-bond acceptors (Lipinski definition) is 6. The van der Waals surface area contributed by atoms with E-state index >= 15 is 0 Å². The van der Waals surface area contributed by atoms with Gasteiger partial charge in [0, 0.05) is 43.5 Å². The maximum atomic E-state index is 12.9. The summed E-state index contributed by atoms with van der Waals surface area (Å²) in [7, 11) is -3.64. The maximum Gasteiger partial charge on any atom is 0.262 e. The third kappa shape index (κ3) is 4.61. The molecule has 3 heterocycles. The van der Waals surface area contributed by atoms with Gasteiger partial charge in [0.25, 0.3) is 5.91 Å². The number of thioether (sulfide) groups is 1. The largest absolute Gasteiger partial charge is 0.351 e. The van der Waals surface area contributed by atoms with Crippen LogP contribution in [0.2, 0.25) is 0 Å². The number of hydrogen-bond donors (Lipinski definition) is 1. The average molecular weight is 463 g/mol. The van der Waals surface area contributed by atoms with Crippen LogP contribution in [-0.4, -0.2) is 59.6 Å². The van der Waals surface area contributed by atoms with E-state index in [4.69, 9.17) is 0 Å². The van der Waals surface area contributed by atoms with Gasteiger partial charge in [-0.15, -0.1) is 11.3 Å². The molecule has 1 N–H and O–H groups in total. The highest BCUT2D eigenvalue weighted by Gasteiger charge is 2.31. The van der Waals surface area contributed by atoms with Crippen LogP contribution in [0.25, 0.3) is 5.69 Å². The van der Waals surface area contributed by atoms with Gasteiger partial charge >= 0.3 is 0 Å². The van der Waals surface area contributed by atoms with Crippen LogP contribution in [0.3, 0.4) is 0 Å². The van der Waals surface area contributed by atoms with Gasteiger partial charge in [0.05, 0.1) is 5.69 Å². The number of carbonyl (C=O) groups excluding carboxylic acids is 1. The highest BCUT2D eigenvalue weighted by Crippen LogP contribution is 2.27. The Morgan fingerprint density at radius 3 is 2.60 bits per heavy atom. The number of nitrogens with zero attached hydrogens (tertiary/aromatic N) is 3. The average Bonchev–Trinajstić information content (AvgIpc) is 3.47. The summed E-state index contributed by atoms with van der Waals surface area (Å²) in [6, 6.07) is 11.4. The molecule has 0 saturated carbocycles. The van der Waals surface area contributed by atoms with E-state index in [-0.39, 0.29) is 15.7 Å². The molecule has 1 aliphatic heterocycles. The summed E-state index contributed by atoms with van der Waals surface area (Å²) in [5.41, 5.74) is 2.05. The predicted molar refractivity (Wildman–Crippen MR) is 120 cm³/mol. The second-order valence-electron chi connectivity index (χ2n) is 6.75. The van der Waals surface area contributed by atoms with Gasteiger partial charge < -0.3 is 5.32 Å². The molecule has 158 valence electrons. The van der Waals surface area contributed by atoms with Gasteiger partial charge in [-0.3, -0.25) is 4.79 Å². The number of thiophene rings is 1. The summed E-state index contributed by atoms with van der Waals surface area (Å²) in [6.07, 6.45) is 4.26. The Balaban J connectivity index is 1.36. The summed E-state index contributed by atoms with van der Waals surface area (Å²) in [5.74, 6) is 1.22. The minimum Gasteiger partial charge on any atom is -0.351 e.